The molecule has 1 aromatic carbocycles. The molecule has 0 aliphatic carbocycles. The van der Waals surface area contributed by atoms with Gasteiger partial charge < -0.3 is 9.57 Å². The summed E-state index contributed by atoms with van der Waals surface area (Å²) in [4.78, 5) is 21.4. The van der Waals surface area contributed by atoms with E-state index < -0.39 is 5.97 Å². The molecule has 0 amide bonds. The van der Waals surface area contributed by atoms with Gasteiger partial charge in [0.1, 0.15) is 0 Å². The number of nitrogens with zero attached hydrogens (tertiary/aromatic N) is 2. The molecule has 0 spiro atoms. The number of benzene rings is 1. The number of carbonyl (C=O) groups excluding carboxylic acids is 1. The lowest BCUT2D eigenvalue weighted by Crippen LogP contribution is -2.23. The van der Waals surface area contributed by atoms with E-state index in [0.717, 1.165) is 17.0 Å². The molecule has 2 rings (SSSR count). The highest BCUT2D eigenvalue weighted by Gasteiger charge is 2.15. The van der Waals surface area contributed by atoms with E-state index in [1.54, 1.807) is 11.7 Å². The van der Waals surface area contributed by atoms with Crippen LogP contribution in [-0.2, 0) is 9.53 Å². The van der Waals surface area contributed by atoms with Crippen molar-refractivity contribution in [3.05, 3.63) is 41.7 Å². The van der Waals surface area contributed by atoms with Crippen molar-refractivity contribution >= 4 is 5.97 Å². The topological polar surface area (TPSA) is 53.4 Å². The Morgan fingerprint density at radius 2 is 1.95 bits per heavy atom. The predicted octanol–water partition coefficient (Wildman–Crippen LogP) is 2.16. The smallest absolute Gasteiger partial charge is 0.346 e. The fourth-order valence-electron chi connectivity index (χ4n) is 1.84. The first-order chi connectivity index (χ1) is 9.63. The molecule has 0 unspecified atom stereocenters. The van der Waals surface area contributed by atoms with Gasteiger partial charge in [-0.05, 0) is 20.8 Å². The van der Waals surface area contributed by atoms with Gasteiger partial charge in [-0.2, -0.15) is 4.73 Å². The molecule has 1 heterocycles. The van der Waals surface area contributed by atoms with E-state index in [4.69, 9.17) is 9.57 Å². The molecule has 106 valence electrons. The summed E-state index contributed by atoms with van der Waals surface area (Å²) in [5, 5.41) is 0. The van der Waals surface area contributed by atoms with Gasteiger partial charge in [0.25, 0.3) is 0 Å². The van der Waals surface area contributed by atoms with Gasteiger partial charge in [-0.25, -0.2) is 9.78 Å². The minimum Gasteiger partial charge on any atom is -0.463 e. The summed E-state index contributed by atoms with van der Waals surface area (Å²) >= 11 is 0. The molecular weight excluding hydrogens is 256 g/mol. The fraction of sp³-hybridized carbons (Fsp3) is 0.333. The molecule has 0 saturated carbocycles. The number of rotatable bonds is 5. The normalized spacial score (nSPS) is 10.3. The Morgan fingerprint density at radius 1 is 1.25 bits per heavy atom. The van der Waals surface area contributed by atoms with E-state index >= 15 is 0 Å². The molecule has 2 aromatic rings. The molecule has 0 saturated heterocycles. The lowest BCUT2D eigenvalue weighted by Gasteiger charge is -2.11. The second kappa shape index (κ2) is 6.23. The summed E-state index contributed by atoms with van der Waals surface area (Å²) in [6, 6.07) is 9.71. The van der Waals surface area contributed by atoms with Gasteiger partial charge in [-0.1, -0.05) is 30.3 Å². The van der Waals surface area contributed by atoms with Crippen LogP contribution in [0, 0.1) is 13.8 Å². The van der Waals surface area contributed by atoms with Gasteiger partial charge in [0.05, 0.1) is 18.0 Å². The van der Waals surface area contributed by atoms with Crippen LogP contribution in [0.1, 0.15) is 18.3 Å². The maximum Gasteiger partial charge on any atom is 0.346 e. The average Bonchev–Trinajstić information content (AvgIpc) is 2.74. The summed E-state index contributed by atoms with van der Waals surface area (Å²) in [5.74, 6) is 0.294. The summed E-state index contributed by atoms with van der Waals surface area (Å²) < 4.78 is 6.44. The number of ether oxygens (including phenoxy) is 1. The Balaban J connectivity index is 2.26. The Kier molecular flexibility index (Phi) is 4.40. The first-order valence-corrected chi connectivity index (χ1v) is 6.53. The number of hydrogen-bond donors (Lipinski definition) is 0. The molecule has 0 N–H and O–H groups in total. The maximum absolute atomic E-state index is 11.4. The summed E-state index contributed by atoms with van der Waals surface area (Å²) in [5.41, 5.74) is 2.67. The molecule has 0 aliphatic rings. The Bertz CT molecular complexity index is 591. The Hall–Kier alpha value is -2.30. The summed E-state index contributed by atoms with van der Waals surface area (Å²) in [6.45, 7) is 5.78. The number of aryl methyl sites for hydroxylation is 1. The van der Waals surface area contributed by atoms with Crippen LogP contribution < -0.4 is 4.84 Å². The molecule has 5 heteroatoms. The van der Waals surface area contributed by atoms with Gasteiger partial charge >= 0.3 is 5.97 Å². The average molecular weight is 274 g/mol. The molecular formula is C15H18N2O3. The van der Waals surface area contributed by atoms with Crippen LogP contribution in [0.25, 0.3) is 11.4 Å². The lowest BCUT2D eigenvalue weighted by atomic mass is 10.2. The monoisotopic (exact) mass is 274 g/mol. The van der Waals surface area contributed by atoms with Crippen LogP contribution in [0.3, 0.4) is 0 Å². The third-order valence-electron chi connectivity index (χ3n) is 2.94. The number of esters is 1. The first-order valence-electron chi connectivity index (χ1n) is 6.53. The zero-order valence-corrected chi connectivity index (χ0v) is 11.9. The fourth-order valence-corrected chi connectivity index (χ4v) is 1.84. The van der Waals surface area contributed by atoms with E-state index in [9.17, 15) is 4.79 Å². The standard InChI is InChI=1S/C15H18N2O3/c1-4-19-14(18)10-20-17-12(3)11(2)16-15(17)13-8-6-5-7-9-13/h5-9H,4,10H2,1-3H3. The number of hydrogen-bond acceptors (Lipinski definition) is 4. The van der Waals surface area contributed by atoms with Crippen LogP contribution >= 0.6 is 0 Å². The Morgan fingerprint density at radius 3 is 2.60 bits per heavy atom. The van der Waals surface area contributed by atoms with Crippen molar-refractivity contribution in [2.45, 2.75) is 20.8 Å². The van der Waals surface area contributed by atoms with Crippen molar-refractivity contribution in [1.82, 2.24) is 9.71 Å². The minimum atomic E-state index is -0.391. The van der Waals surface area contributed by atoms with E-state index in [1.807, 2.05) is 44.2 Å². The van der Waals surface area contributed by atoms with Crippen molar-refractivity contribution < 1.29 is 14.4 Å². The highest BCUT2D eigenvalue weighted by Crippen LogP contribution is 2.20. The van der Waals surface area contributed by atoms with Crippen LogP contribution in [0.4, 0.5) is 0 Å². The molecule has 5 nitrogen and oxygen atoms in total. The van der Waals surface area contributed by atoms with Gasteiger partial charge in [0, 0.05) is 5.56 Å². The van der Waals surface area contributed by atoms with Gasteiger partial charge in [0.2, 0.25) is 6.61 Å². The number of aromatic nitrogens is 2. The van der Waals surface area contributed by atoms with Crippen molar-refractivity contribution in [3.63, 3.8) is 0 Å². The largest absolute Gasteiger partial charge is 0.463 e. The molecule has 1 aromatic heterocycles. The first kappa shape index (κ1) is 14.1. The predicted molar refractivity (Wildman–Crippen MR) is 75.2 cm³/mol. The number of carbonyl (C=O) groups is 1. The summed E-state index contributed by atoms with van der Waals surface area (Å²) in [7, 11) is 0. The Labute approximate surface area is 118 Å². The maximum atomic E-state index is 11.4. The summed E-state index contributed by atoms with van der Waals surface area (Å²) in [6.07, 6.45) is 0. The van der Waals surface area contributed by atoms with Gasteiger partial charge in [0.15, 0.2) is 5.82 Å². The lowest BCUT2D eigenvalue weighted by molar-refractivity contribution is -0.148. The molecule has 0 atom stereocenters. The quantitative estimate of drug-likeness (QED) is 0.784. The molecule has 0 aliphatic heterocycles. The van der Waals surface area contributed by atoms with Crippen molar-refractivity contribution in [3.8, 4) is 11.4 Å². The number of imidazole rings is 1. The highest BCUT2D eigenvalue weighted by molar-refractivity contribution is 5.70. The zero-order chi connectivity index (χ0) is 14.5. The van der Waals surface area contributed by atoms with Crippen molar-refractivity contribution in [1.29, 1.82) is 0 Å². The van der Waals surface area contributed by atoms with Gasteiger partial charge in [-0.3, -0.25) is 0 Å². The van der Waals surface area contributed by atoms with Crippen LogP contribution in [0.5, 0.6) is 0 Å². The van der Waals surface area contributed by atoms with Crippen LogP contribution in [0.2, 0.25) is 0 Å². The van der Waals surface area contributed by atoms with E-state index in [-0.39, 0.29) is 6.61 Å². The van der Waals surface area contributed by atoms with Crippen molar-refractivity contribution in [2.75, 3.05) is 13.2 Å². The minimum absolute atomic E-state index is 0.135. The third kappa shape index (κ3) is 2.99. The van der Waals surface area contributed by atoms with Crippen molar-refractivity contribution in [2.24, 2.45) is 0 Å². The molecule has 20 heavy (non-hydrogen) atoms. The van der Waals surface area contributed by atoms with Gasteiger partial charge in [-0.15, -0.1) is 0 Å². The van der Waals surface area contributed by atoms with E-state index in [0.29, 0.717) is 12.4 Å². The zero-order valence-electron chi connectivity index (χ0n) is 11.9. The third-order valence-corrected chi connectivity index (χ3v) is 2.94. The van der Waals surface area contributed by atoms with Crippen LogP contribution in [0.15, 0.2) is 30.3 Å². The SMILES string of the molecule is CCOC(=O)COn1c(-c2ccccc2)nc(C)c1C. The molecule has 0 fully saturated rings. The van der Waals surface area contributed by atoms with Crippen LogP contribution in [-0.4, -0.2) is 28.9 Å². The van der Waals surface area contributed by atoms with E-state index in [1.165, 1.54) is 0 Å². The molecule has 0 bridgehead atoms. The highest BCUT2D eigenvalue weighted by atomic mass is 16.7. The molecule has 0 radical (unpaired) electrons. The van der Waals surface area contributed by atoms with E-state index in [2.05, 4.69) is 4.98 Å². The second-order valence-electron chi connectivity index (χ2n) is 4.35. The second-order valence-corrected chi connectivity index (χ2v) is 4.35.